The second kappa shape index (κ2) is 15.7. The van der Waals surface area contributed by atoms with Gasteiger partial charge in [0, 0.05) is 6.42 Å². The standard InChI is InChI=1S/C34H52O4/c1-2-3-4-12-15-30(38-34(36)32-25-27-18-20-29(32)23-27)16-13-10-8-6-5-7-9-11-14-21-37-33(35)31-24-26-17-19-28(31)22-26/h10,13,17-20,26-32H,2-9,11-12,14-16,21-25H2,1H3/b13-10-/t26-,27-,28+,29+,30?,31-,32-/m0/s1. The minimum atomic E-state index is 0.0353. The van der Waals surface area contributed by atoms with Crippen LogP contribution in [0.2, 0.25) is 0 Å². The molecule has 0 spiro atoms. The maximum absolute atomic E-state index is 12.8. The van der Waals surface area contributed by atoms with Gasteiger partial charge < -0.3 is 9.47 Å². The van der Waals surface area contributed by atoms with Crippen LogP contribution in [0.5, 0.6) is 0 Å². The van der Waals surface area contributed by atoms with Gasteiger partial charge in [0.25, 0.3) is 0 Å². The van der Waals surface area contributed by atoms with Gasteiger partial charge in [-0.1, -0.05) is 88.3 Å². The molecule has 0 radical (unpaired) electrons. The third-order valence-corrected chi connectivity index (χ3v) is 9.40. The first-order valence-electron chi connectivity index (χ1n) is 16.0. The molecule has 0 aromatic heterocycles. The van der Waals surface area contributed by atoms with Gasteiger partial charge in [-0.25, -0.2) is 0 Å². The van der Waals surface area contributed by atoms with Crippen LogP contribution in [0.15, 0.2) is 36.5 Å². The molecule has 4 aliphatic carbocycles. The minimum Gasteiger partial charge on any atom is -0.465 e. The zero-order valence-corrected chi connectivity index (χ0v) is 23.9. The smallest absolute Gasteiger partial charge is 0.309 e. The van der Waals surface area contributed by atoms with Gasteiger partial charge in [0.15, 0.2) is 0 Å². The van der Waals surface area contributed by atoms with Crippen molar-refractivity contribution in [3.8, 4) is 0 Å². The van der Waals surface area contributed by atoms with Gasteiger partial charge in [0.1, 0.15) is 6.10 Å². The van der Waals surface area contributed by atoms with Gasteiger partial charge in [-0.05, 0) is 81.5 Å². The van der Waals surface area contributed by atoms with E-state index in [9.17, 15) is 9.59 Å². The Morgan fingerprint density at radius 2 is 1.37 bits per heavy atom. The molecule has 0 heterocycles. The summed E-state index contributed by atoms with van der Waals surface area (Å²) in [7, 11) is 0. The summed E-state index contributed by atoms with van der Waals surface area (Å²) in [6, 6.07) is 0. The molecule has 1 unspecified atom stereocenters. The molecule has 4 bridgehead atoms. The van der Waals surface area contributed by atoms with Crippen molar-refractivity contribution in [2.24, 2.45) is 35.5 Å². The molecule has 4 aliphatic rings. The summed E-state index contributed by atoms with van der Waals surface area (Å²) in [4.78, 5) is 25.1. The van der Waals surface area contributed by atoms with E-state index in [1.165, 1.54) is 44.9 Å². The predicted molar refractivity (Wildman–Crippen MR) is 153 cm³/mol. The van der Waals surface area contributed by atoms with Crippen molar-refractivity contribution in [3.63, 3.8) is 0 Å². The quantitative estimate of drug-likeness (QED) is 0.0965. The van der Waals surface area contributed by atoms with Crippen LogP contribution in [-0.4, -0.2) is 24.6 Å². The summed E-state index contributed by atoms with van der Waals surface area (Å²) in [6.07, 6.45) is 32.7. The highest BCUT2D eigenvalue weighted by Crippen LogP contribution is 2.45. The van der Waals surface area contributed by atoms with Crippen molar-refractivity contribution in [3.05, 3.63) is 36.5 Å². The van der Waals surface area contributed by atoms with E-state index in [1.807, 2.05) is 0 Å². The summed E-state index contributed by atoms with van der Waals surface area (Å²) in [6.45, 7) is 2.82. The van der Waals surface area contributed by atoms with Gasteiger partial charge in [0.05, 0.1) is 18.4 Å². The van der Waals surface area contributed by atoms with Crippen LogP contribution in [0.25, 0.3) is 0 Å². The lowest BCUT2D eigenvalue weighted by Gasteiger charge is -2.22. The van der Waals surface area contributed by atoms with Gasteiger partial charge in [-0.15, -0.1) is 0 Å². The Bertz CT molecular complexity index is 826. The van der Waals surface area contributed by atoms with Gasteiger partial charge in [0.2, 0.25) is 0 Å². The van der Waals surface area contributed by atoms with Crippen LogP contribution < -0.4 is 0 Å². The zero-order chi connectivity index (χ0) is 26.6. The van der Waals surface area contributed by atoms with Crippen molar-refractivity contribution in [2.75, 3.05) is 6.61 Å². The molecule has 0 saturated heterocycles. The molecule has 2 fully saturated rings. The van der Waals surface area contributed by atoms with E-state index in [2.05, 4.69) is 43.4 Å². The van der Waals surface area contributed by atoms with Crippen LogP contribution >= 0.6 is 0 Å². The molecule has 4 rings (SSSR count). The van der Waals surface area contributed by atoms with Crippen molar-refractivity contribution in [2.45, 2.75) is 122 Å². The van der Waals surface area contributed by atoms with Gasteiger partial charge >= 0.3 is 11.9 Å². The Balaban J connectivity index is 1.01. The maximum Gasteiger partial charge on any atom is 0.309 e. The lowest BCUT2D eigenvalue weighted by Crippen LogP contribution is -2.26. The highest BCUT2D eigenvalue weighted by atomic mass is 16.5. The normalized spacial score (nSPS) is 29.5. The van der Waals surface area contributed by atoms with Gasteiger partial charge in [-0.3, -0.25) is 9.59 Å². The first-order chi connectivity index (χ1) is 18.6. The zero-order valence-electron chi connectivity index (χ0n) is 23.9. The van der Waals surface area contributed by atoms with E-state index in [1.54, 1.807) is 0 Å². The number of carbonyl (C=O) groups is 2. The number of carbonyl (C=O) groups excluding carboxylic acids is 2. The molecule has 212 valence electrons. The fourth-order valence-corrected chi connectivity index (χ4v) is 7.10. The average Bonchev–Trinajstić information content (AvgIpc) is 3.74. The summed E-state index contributed by atoms with van der Waals surface area (Å²) >= 11 is 0. The number of hydrogen-bond acceptors (Lipinski definition) is 4. The SMILES string of the molecule is CCCCCCC(C/C=C\CCCCCCCCOC(=O)[C@H]1C[C@H]2C=C[C@@H]1C2)OC(=O)[C@H]1C[C@H]2C=C[C@@H]1C2. The predicted octanol–water partition coefficient (Wildman–Crippen LogP) is 8.51. The lowest BCUT2D eigenvalue weighted by molar-refractivity contribution is -0.155. The molecule has 2 saturated carbocycles. The molecule has 0 aromatic rings. The third kappa shape index (κ3) is 8.85. The Kier molecular flexibility index (Phi) is 12.0. The summed E-state index contributed by atoms with van der Waals surface area (Å²) in [5.41, 5.74) is 0. The average molecular weight is 525 g/mol. The molecule has 7 atom stereocenters. The van der Waals surface area contributed by atoms with Crippen molar-refractivity contribution >= 4 is 11.9 Å². The maximum atomic E-state index is 12.8. The minimum absolute atomic E-state index is 0.0353. The fraction of sp³-hybridized carbons (Fsp3) is 0.765. The Labute approximate surface area is 231 Å². The van der Waals surface area contributed by atoms with E-state index in [0.29, 0.717) is 30.3 Å². The second-order valence-corrected chi connectivity index (χ2v) is 12.5. The highest BCUT2D eigenvalue weighted by molar-refractivity contribution is 5.74. The van der Waals surface area contributed by atoms with Gasteiger partial charge in [-0.2, -0.15) is 0 Å². The number of unbranched alkanes of at least 4 members (excludes halogenated alkanes) is 9. The molecule has 0 N–H and O–H groups in total. The summed E-state index contributed by atoms with van der Waals surface area (Å²) < 4.78 is 11.6. The van der Waals surface area contributed by atoms with Crippen molar-refractivity contribution < 1.29 is 19.1 Å². The van der Waals surface area contributed by atoms with Crippen LogP contribution in [0.4, 0.5) is 0 Å². The number of ether oxygens (including phenoxy) is 2. The number of esters is 2. The Morgan fingerprint density at radius 3 is 2.00 bits per heavy atom. The number of hydrogen-bond donors (Lipinski definition) is 0. The summed E-state index contributed by atoms with van der Waals surface area (Å²) in [5, 5.41) is 0. The molecule has 4 nitrogen and oxygen atoms in total. The molecule has 4 heteroatoms. The van der Waals surface area contributed by atoms with Crippen LogP contribution in [-0.2, 0) is 19.1 Å². The van der Waals surface area contributed by atoms with E-state index in [0.717, 1.165) is 64.2 Å². The van der Waals surface area contributed by atoms with E-state index >= 15 is 0 Å². The Hall–Kier alpha value is -1.84. The van der Waals surface area contributed by atoms with Crippen molar-refractivity contribution in [1.82, 2.24) is 0 Å². The fourth-order valence-electron chi connectivity index (χ4n) is 7.10. The molecular formula is C34H52O4. The summed E-state index contributed by atoms with van der Waals surface area (Å²) in [5.74, 6) is 2.40. The molecular weight excluding hydrogens is 472 g/mol. The van der Waals surface area contributed by atoms with Crippen molar-refractivity contribution in [1.29, 1.82) is 0 Å². The number of rotatable bonds is 19. The molecule has 0 aliphatic heterocycles. The first-order valence-corrected chi connectivity index (χ1v) is 16.0. The second-order valence-electron chi connectivity index (χ2n) is 12.5. The molecule has 38 heavy (non-hydrogen) atoms. The third-order valence-electron chi connectivity index (χ3n) is 9.40. The van der Waals surface area contributed by atoms with Crippen LogP contribution in [0.3, 0.4) is 0 Å². The lowest BCUT2D eigenvalue weighted by atomic mass is 9.93. The molecule has 0 aromatic carbocycles. The van der Waals surface area contributed by atoms with E-state index in [-0.39, 0.29) is 29.9 Å². The van der Waals surface area contributed by atoms with Crippen LogP contribution in [0, 0.1) is 35.5 Å². The van der Waals surface area contributed by atoms with Crippen LogP contribution in [0.1, 0.15) is 116 Å². The van der Waals surface area contributed by atoms with E-state index in [4.69, 9.17) is 9.47 Å². The largest absolute Gasteiger partial charge is 0.465 e. The van der Waals surface area contributed by atoms with E-state index < -0.39 is 0 Å². The molecule has 0 amide bonds. The number of allylic oxidation sites excluding steroid dienone is 5. The Morgan fingerprint density at radius 1 is 0.737 bits per heavy atom. The highest BCUT2D eigenvalue weighted by Gasteiger charge is 2.42. The topological polar surface area (TPSA) is 52.6 Å². The first kappa shape index (κ1) is 29.2. The number of fused-ring (bicyclic) bond motifs is 4. The monoisotopic (exact) mass is 524 g/mol.